The van der Waals surface area contributed by atoms with Crippen LogP contribution >= 0.6 is 0 Å². The van der Waals surface area contributed by atoms with E-state index in [0.717, 1.165) is 0 Å². The monoisotopic (exact) mass is 453 g/mol. The molecule has 0 saturated heterocycles. The molecule has 0 spiro atoms. The number of fused-ring (bicyclic) bond motifs is 2. The van der Waals surface area contributed by atoms with Gasteiger partial charge in [0.1, 0.15) is 0 Å². The molecule has 3 aromatic rings. The second-order valence-corrected chi connectivity index (χ2v) is 10.4. The van der Waals surface area contributed by atoms with Crippen LogP contribution in [-0.2, 0) is 11.8 Å². The van der Waals surface area contributed by atoms with E-state index in [1.807, 2.05) is 0 Å². The molecule has 34 heavy (non-hydrogen) atoms. The van der Waals surface area contributed by atoms with Crippen molar-refractivity contribution in [1.29, 1.82) is 0 Å². The van der Waals surface area contributed by atoms with Gasteiger partial charge in [-0.3, -0.25) is 0 Å². The summed E-state index contributed by atoms with van der Waals surface area (Å²) in [7, 11) is 0. The van der Waals surface area contributed by atoms with Crippen molar-refractivity contribution >= 4 is 17.1 Å². The third-order valence-electron chi connectivity index (χ3n) is 7.75. The number of aryl methyl sites for hydroxylation is 3. The zero-order valence-corrected chi connectivity index (χ0v) is 22.1. The molecule has 0 unspecified atom stereocenters. The maximum Gasteiger partial charge on any atom is 0.0503 e. The fourth-order valence-corrected chi connectivity index (χ4v) is 5.79. The molecular weight excluding hydrogens is 410 g/mol. The van der Waals surface area contributed by atoms with Gasteiger partial charge in [0, 0.05) is 11.1 Å². The first-order valence-corrected chi connectivity index (χ1v) is 13.7. The minimum absolute atomic E-state index is 0.0894. The smallest absolute Gasteiger partial charge is 0.0503 e. The standard InChI is InChI=1S/C33H43N/c1-6-9-12-27-16-20-32-30(24-27)33(21-10-7-2,22-11-8-3)29-23-26(5)15-19-31(29)34(32)28-17-13-25(4)14-18-28/h13-20,23-24H,6-12,21-22H2,1-5H3. The molecule has 4 rings (SSSR count). The van der Waals surface area contributed by atoms with E-state index < -0.39 is 0 Å². The second kappa shape index (κ2) is 10.8. The lowest BCUT2D eigenvalue weighted by atomic mass is 9.64. The summed E-state index contributed by atoms with van der Waals surface area (Å²) < 4.78 is 0. The van der Waals surface area contributed by atoms with Gasteiger partial charge in [0.25, 0.3) is 0 Å². The quantitative estimate of drug-likeness (QED) is 0.295. The minimum atomic E-state index is 0.0894. The molecule has 0 N–H and O–H groups in total. The Hall–Kier alpha value is -2.54. The topological polar surface area (TPSA) is 3.24 Å². The molecule has 0 radical (unpaired) electrons. The highest BCUT2D eigenvalue weighted by atomic mass is 15.2. The van der Waals surface area contributed by atoms with Crippen LogP contribution in [0, 0.1) is 13.8 Å². The van der Waals surface area contributed by atoms with Gasteiger partial charge >= 0.3 is 0 Å². The summed E-state index contributed by atoms with van der Waals surface area (Å²) in [5.41, 5.74) is 11.4. The van der Waals surface area contributed by atoms with Crippen LogP contribution < -0.4 is 4.90 Å². The minimum Gasteiger partial charge on any atom is -0.310 e. The predicted molar refractivity (Wildman–Crippen MR) is 149 cm³/mol. The largest absolute Gasteiger partial charge is 0.310 e. The van der Waals surface area contributed by atoms with Crippen LogP contribution in [0.1, 0.15) is 100.0 Å². The molecular formula is C33H43N. The average molecular weight is 454 g/mol. The van der Waals surface area contributed by atoms with Crippen LogP contribution in [0.15, 0.2) is 60.7 Å². The van der Waals surface area contributed by atoms with Crippen molar-refractivity contribution in [3.05, 3.63) is 88.5 Å². The molecule has 0 saturated carbocycles. The Kier molecular flexibility index (Phi) is 7.81. The molecule has 0 amide bonds. The first-order chi connectivity index (χ1) is 16.5. The van der Waals surface area contributed by atoms with Gasteiger partial charge in [-0.1, -0.05) is 100 Å². The molecule has 1 aliphatic rings. The summed E-state index contributed by atoms with van der Waals surface area (Å²) in [5.74, 6) is 0. The second-order valence-electron chi connectivity index (χ2n) is 10.4. The van der Waals surface area contributed by atoms with E-state index in [1.165, 1.54) is 97.1 Å². The first kappa shape index (κ1) is 24.6. The van der Waals surface area contributed by atoms with Crippen LogP contribution in [0.5, 0.6) is 0 Å². The van der Waals surface area contributed by atoms with Crippen LogP contribution in [-0.4, -0.2) is 0 Å². The highest BCUT2D eigenvalue weighted by Crippen LogP contribution is 2.56. The summed E-state index contributed by atoms with van der Waals surface area (Å²) in [5, 5.41) is 0. The molecule has 0 atom stereocenters. The Labute approximate surface area is 208 Å². The van der Waals surface area contributed by atoms with Crippen LogP contribution in [0.25, 0.3) is 0 Å². The Morgan fingerprint density at radius 1 is 0.618 bits per heavy atom. The van der Waals surface area contributed by atoms with Crippen molar-refractivity contribution in [2.75, 3.05) is 4.90 Å². The molecule has 1 aliphatic heterocycles. The lowest BCUT2D eigenvalue weighted by Gasteiger charge is -2.46. The molecule has 0 bridgehead atoms. The van der Waals surface area contributed by atoms with Crippen molar-refractivity contribution in [3.8, 4) is 0 Å². The number of nitrogens with zero attached hydrogens (tertiary/aromatic N) is 1. The van der Waals surface area contributed by atoms with Crippen molar-refractivity contribution in [1.82, 2.24) is 0 Å². The fourth-order valence-electron chi connectivity index (χ4n) is 5.79. The molecule has 0 aliphatic carbocycles. The Bertz CT molecular complexity index is 1080. The van der Waals surface area contributed by atoms with Gasteiger partial charge < -0.3 is 4.90 Å². The highest BCUT2D eigenvalue weighted by molar-refractivity contribution is 5.86. The molecule has 1 heteroatoms. The lowest BCUT2D eigenvalue weighted by molar-refractivity contribution is 0.403. The number of hydrogen-bond acceptors (Lipinski definition) is 1. The van der Waals surface area contributed by atoms with E-state index >= 15 is 0 Å². The number of benzene rings is 3. The molecule has 1 heterocycles. The van der Waals surface area contributed by atoms with Crippen LogP contribution in [0.4, 0.5) is 17.1 Å². The van der Waals surface area contributed by atoms with E-state index in [4.69, 9.17) is 0 Å². The van der Waals surface area contributed by atoms with Crippen molar-refractivity contribution in [3.63, 3.8) is 0 Å². The van der Waals surface area contributed by atoms with Crippen LogP contribution in [0.3, 0.4) is 0 Å². The van der Waals surface area contributed by atoms with Crippen LogP contribution in [0.2, 0.25) is 0 Å². The average Bonchev–Trinajstić information content (AvgIpc) is 2.85. The molecule has 180 valence electrons. The molecule has 0 fully saturated rings. The van der Waals surface area contributed by atoms with Gasteiger partial charge in [-0.05, 0) is 80.5 Å². The molecule has 1 nitrogen and oxygen atoms in total. The third-order valence-corrected chi connectivity index (χ3v) is 7.75. The van der Waals surface area contributed by atoms with Crippen molar-refractivity contribution in [2.24, 2.45) is 0 Å². The Balaban J connectivity index is 2.00. The zero-order chi connectivity index (χ0) is 24.1. The van der Waals surface area contributed by atoms with E-state index in [9.17, 15) is 0 Å². The van der Waals surface area contributed by atoms with E-state index in [2.05, 4.69) is 100 Å². The summed E-state index contributed by atoms with van der Waals surface area (Å²) in [6.07, 6.45) is 11.1. The fraction of sp³-hybridized carbons (Fsp3) is 0.455. The Morgan fingerprint density at radius 3 is 1.79 bits per heavy atom. The number of anilines is 3. The third kappa shape index (κ3) is 4.67. The Morgan fingerprint density at radius 2 is 1.18 bits per heavy atom. The lowest BCUT2D eigenvalue weighted by Crippen LogP contribution is -2.36. The molecule has 0 aromatic heterocycles. The summed E-state index contributed by atoms with van der Waals surface area (Å²) in [6.45, 7) is 11.4. The van der Waals surface area contributed by atoms with Crippen molar-refractivity contribution in [2.45, 2.75) is 97.8 Å². The normalized spacial score (nSPS) is 14.1. The zero-order valence-electron chi connectivity index (χ0n) is 22.1. The summed E-state index contributed by atoms with van der Waals surface area (Å²) in [6, 6.07) is 23.7. The van der Waals surface area contributed by atoms with E-state index in [1.54, 1.807) is 5.56 Å². The maximum atomic E-state index is 2.59. The number of unbranched alkanes of at least 4 members (excludes halogenated alkanes) is 3. The number of hydrogen-bond donors (Lipinski definition) is 0. The summed E-state index contributed by atoms with van der Waals surface area (Å²) >= 11 is 0. The van der Waals surface area contributed by atoms with Gasteiger partial charge in [0.2, 0.25) is 0 Å². The van der Waals surface area contributed by atoms with E-state index in [-0.39, 0.29) is 5.41 Å². The molecule has 3 aromatic carbocycles. The van der Waals surface area contributed by atoms with Gasteiger partial charge in [-0.2, -0.15) is 0 Å². The van der Waals surface area contributed by atoms with Gasteiger partial charge in [-0.25, -0.2) is 0 Å². The predicted octanol–water partition coefficient (Wildman–Crippen LogP) is 10.1. The van der Waals surface area contributed by atoms with Gasteiger partial charge in [0.05, 0.1) is 11.4 Å². The van der Waals surface area contributed by atoms with Gasteiger partial charge in [-0.15, -0.1) is 0 Å². The van der Waals surface area contributed by atoms with E-state index in [0.29, 0.717) is 0 Å². The maximum absolute atomic E-state index is 2.59. The van der Waals surface area contributed by atoms with Crippen molar-refractivity contribution < 1.29 is 0 Å². The highest BCUT2D eigenvalue weighted by Gasteiger charge is 2.42. The summed E-state index contributed by atoms with van der Waals surface area (Å²) in [4.78, 5) is 2.53. The first-order valence-electron chi connectivity index (χ1n) is 13.7. The number of rotatable bonds is 10. The van der Waals surface area contributed by atoms with Gasteiger partial charge in [0.15, 0.2) is 0 Å². The SMILES string of the molecule is CCCCc1ccc2c(c1)C(CCCC)(CCCC)c1cc(C)ccc1N2c1ccc(C)cc1.